The van der Waals surface area contributed by atoms with Crippen LogP contribution in [0.3, 0.4) is 0 Å². The van der Waals surface area contributed by atoms with Crippen molar-refractivity contribution < 1.29 is 12.8 Å². The van der Waals surface area contributed by atoms with Crippen molar-refractivity contribution in [2.45, 2.75) is 25.3 Å². The van der Waals surface area contributed by atoms with Crippen molar-refractivity contribution in [3.05, 3.63) is 65.0 Å². The van der Waals surface area contributed by atoms with E-state index in [-0.39, 0.29) is 11.4 Å². The fraction of sp³-hybridized carbons (Fsp3) is 0.200. The van der Waals surface area contributed by atoms with Crippen molar-refractivity contribution in [2.75, 3.05) is 0 Å². The summed E-state index contributed by atoms with van der Waals surface area (Å²) in [6.45, 7) is 4.15. The van der Waals surface area contributed by atoms with Gasteiger partial charge >= 0.3 is 0 Å². The molecule has 0 aliphatic rings. The second-order valence-electron chi connectivity index (χ2n) is 4.64. The Morgan fingerprint density at radius 3 is 2.35 bits per heavy atom. The number of rotatable bonds is 4. The first-order chi connectivity index (χ1) is 9.40. The zero-order valence-corrected chi connectivity index (χ0v) is 12.2. The summed E-state index contributed by atoms with van der Waals surface area (Å²) in [6, 6.07) is 10.5. The summed E-state index contributed by atoms with van der Waals surface area (Å²) in [5.41, 5.74) is 3.11. The van der Waals surface area contributed by atoms with Gasteiger partial charge in [0, 0.05) is 6.54 Å². The van der Waals surface area contributed by atoms with Crippen molar-refractivity contribution in [2.24, 2.45) is 0 Å². The average Bonchev–Trinajstić information content (AvgIpc) is 2.41. The summed E-state index contributed by atoms with van der Waals surface area (Å²) >= 11 is 0. The maximum Gasteiger partial charge on any atom is 0.240 e. The first-order valence-electron chi connectivity index (χ1n) is 6.20. The average molecular weight is 293 g/mol. The molecule has 0 aromatic heterocycles. The summed E-state index contributed by atoms with van der Waals surface area (Å²) in [5, 5.41) is 0. The Hall–Kier alpha value is -1.72. The van der Waals surface area contributed by atoms with E-state index in [0.717, 1.165) is 28.8 Å². The molecule has 0 aliphatic carbocycles. The Morgan fingerprint density at radius 2 is 1.70 bits per heavy atom. The Kier molecular flexibility index (Phi) is 4.20. The van der Waals surface area contributed by atoms with Gasteiger partial charge in [0.05, 0.1) is 4.90 Å². The summed E-state index contributed by atoms with van der Waals surface area (Å²) in [5.74, 6) is -0.460. The van der Waals surface area contributed by atoms with Crippen LogP contribution in [-0.4, -0.2) is 8.42 Å². The van der Waals surface area contributed by atoms with E-state index in [1.54, 1.807) is 0 Å². The van der Waals surface area contributed by atoms with Crippen LogP contribution in [0, 0.1) is 19.7 Å². The molecule has 5 heteroatoms. The Balaban J connectivity index is 2.17. The van der Waals surface area contributed by atoms with Gasteiger partial charge in [0.1, 0.15) is 5.82 Å². The molecule has 0 saturated carbocycles. The first kappa shape index (κ1) is 14.7. The lowest BCUT2D eigenvalue weighted by Gasteiger charge is -2.10. The second-order valence-corrected chi connectivity index (χ2v) is 6.40. The molecule has 2 aromatic rings. The normalized spacial score (nSPS) is 11.6. The Morgan fingerprint density at radius 1 is 1.05 bits per heavy atom. The summed E-state index contributed by atoms with van der Waals surface area (Å²) < 4.78 is 39.5. The first-order valence-corrected chi connectivity index (χ1v) is 7.69. The number of hydrogen-bond acceptors (Lipinski definition) is 2. The molecule has 0 radical (unpaired) electrons. The van der Waals surface area contributed by atoms with Gasteiger partial charge in [-0.25, -0.2) is 17.5 Å². The lowest BCUT2D eigenvalue weighted by molar-refractivity contribution is 0.580. The predicted molar refractivity (Wildman–Crippen MR) is 76.3 cm³/mol. The van der Waals surface area contributed by atoms with Crippen molar-refractivity contribution in [3.63, 3.8) is 0 Å². The van der Waals surface area contributed by atoms with Gasteiger partial charge in [-0.15, -0.1) is 0 Å². The van der Waals surface area contributed by atoms with E-state index in [9.17, 15) is 12.8 Å². The highest BCUT2D eigenvalue weighted by molar-refractivity contribution is 7.89. The van der Waals surface area contributed by atoms with Crippen LogP contribution in [0.1, 0.15) is 16.7 Å². The Labute approximate surface area is 118 Å². The molecule has 20 heavy (non-hydrogen) atoms. The quantitative estimate of drug-likeness (QED) is 0.942. The van der Waals surface area contributed by atoms with Crippen LogP contribution in [0.15, 0.2) is 47.4 Å². The number of hydrogen-bond donors (Lipinski definition) is 1. The molecule has 2 rings (SSSR count). The maximum absolute atomic E-state index is 12.8. The third-order valence-corrected chi connectivity index (χ3v) is 4.71. The molecule has 106 valence electrons. The minimum Gasteiger partial charge on any atom is -0.207 e. The molecular formula is C15H16FNO2S. The molecule has 0 unspecified atom stereocenters. The van der Waals surface area contributed by atoms with Gasteiger partial charge in [-0.3, -0.25) is 0 Å². The van der Waals surface area contributed by atoms with Crippen molar-refractivity contribution >= 4 is 10.0 Å². The number of nitrogens with one attached hydrogen (secondary N) is 1. The minimum atomic E-state index is -3.62. The van der Waals surface area contributed by atoms with Crippen LogP contribution in [0.25, 0.3) is 0 Å². The molecule has 1 N–H and O–H groups in total. The highest BCUT2D eigenvalue weighted by Crippen LogP contribution is 2.14. The van der Waals surface area contributed by atoms with Crippen molar-refractivity contribution in [1.82, 2.24) is 4.72 Å². The number of halogens is 1. The van der Waals surface area contributed by atoms with Gasteiger partial charge < -0.3 is 0 Å². The van der Waals surface area contributed by atoms with Crippen LogP contribution in [0.2, 0.25) is 0 Å². The molecule has 0 heterocycles. The molecule has 2 aromatic carbocycles. The predicted octanol–water partition coefficient (Wildman–Crippen LogP) is 2.92. The smallest absolute Gasteiger partial charge is 0.207 e. The zero-order chi connectivity index (χ0) is 14.8. The van der Waals surface area contributed by atoms with E-state index in [2.05, 4.69) is 4.72 Å². The van der Waals surface area contributed by atoms with Crippen LogP contribution in [0.5, 0.6) is 0 Å². The van der Waals surface area contributed by atoms with Gasteiger partial charge in [0.2, 0.25) is 10.0 Å². The van der Waals surface area contributed by atoms with Crippen LogP contribution >= 0.6 is 0 Å². The fourth-order valence-electron chi connectivity index (χ4n) is 1.87. The molecule has 0 amide bonds. The van der Waals surface area contributed by atoms with Crippen LogP contribution in [0.4, 0.5) is 4.39 Å². The lowest BCUT2D eigenvalue weighted by Crippen LogP contribution is -2.23. The van der Waals surface area contributed by atoms with Crippen molar-refractivity contribution in [3.8, 4) is 0 Å². The number of sulfonamides is 1. The molecule has 0 fully saturated rings. The van der Waals surface area contributed by atoms with Crippen molar-refractivity contribution in [1.29, 1.82) is 0 Å². The lowest BCUT2D eigenvalue weighted by atomic mass is 10.0. The van der Waals surface area contributed by atoms with E-state index >= 15 is 0 Å². The highest BCUT2D eigenvalue weighted by atomic mass is 32.2. The minimum absolute atomic E-state index is 0.0595. The monoisotopic (exact) mass is 293 g/mol. The van der Waals surface area contributed by atoms with E-state index in [1.165, 1.54) is 12.1 Å². The third kappa shape index (κ3) is 3.23. The SMILES string of the molecule is Cc1cccc(CNS(=O)(=O)c2ccc(F)cc2)c1C. The Bertz CT molecular complexity index is 709. The van der Waals surface area contributed by atoms with E-state index in [0.29, 0.717) is 0 Å². The number of benzene rings is 2. The largest absolute Gasteiger partial charge is 0.240 e. The van der Waals surface area contributed by atoms with Crippen LogP contribution < -0.4 is 4.72 Å². The standard InChI is InChI=1S/C15H16FNO2S/c1-11-4-3-5-13(12(11)2)10-17-20(18,19)15-8-6-14(16)7-9-15/h3-9,17H,10H2,1-2H3. The van der Waals surface area contributed by atoms with Gasteiger partial charge in [-0.1, -0.05) is 18.2 Å². The van der Waals surface area contributed by atoms with Crippen LogP contribution in [-0.2, 0) is 16.6 Å². The molecule has 0 spiro atoms. The van der Waals surface area contributed by atoms with Gasteiger partial charge in [0.15, 0.2) is 0 Å². The highest BCUT2D eigenvalue weighted by Gasteiger charge is 2.14. The van der Waals surface area contributed by atoms with Gasteiger partial charge in [0.25, 0.3) is 0 Å². The van der Waals surface area contributed by atoms with E-state index in [4.69, 9.17) is 0 Å². The zero-order valence-electron chi connectivity index (χ0n) is 11.4. The number of aryl methyl sites for hydroxylation is 1. The molecule has 0 atom stereocenters. The molecule has 0 bridgehead atoms. The van der Waals surface area contributed by atoms with E-state index < -0.39 is 15.8 Å². The van der Waals surface area contributed by atoms with Gasteiger partial charge in [-0.05, 0) is 54.8 Å². The maximum atomic E-state index is 12.8. The molecular weight excluding hydrogens is 277 g/mol. The summed E-state index contributed by atoms with van der Waals surface area (Å²) in [6.07, 6.45) is 0. The second kappa shape index (κ2) is 5.73. The summed E-state index contributed by atoms with van der Waals surface area (Å²) in [4.78, 5) is 0.0595. The topological polar surface area (TPSA) is 46.2 Å². The molecule has 0 saturated heterocycles. The molecule has 0 aliphatic heterocycles. The molecule has 3 nitrogen and oxygen atoms in total. The summed E-state index contributed by atoms with van der Waals surface area (Å²) in [7, 11) is -3.62. The van der Waals surface area contributed by atoms with Gasteiger partial charge in [-0.2, -0.15) is 0 Å². The third-order valence-electron chi connectivity index (χ3n) is 3.29. The van der Waals surface area contributed by atoms with E-state index in [1.807, 2.05) is 32.0 Å². The fourth-order valence-corrected chi connectivity index (χ4v) is 2.88.